The molecule has 0 amide bonds. The average Bonchev–Trinajstić information content (AvgIpc) is 2.16. The molecule has 0 radical (unpaired) electrons. The zero-order valence-electron chi connectivity index (χ0n) is 8.64. The van der Waals surface area contributed by atoms with E-state index in [0.29, 0.717) is 0 Å². The van der Waals surface area contributed by atoms with E-state index in [-0.39, 0.29) is 0 Å². The summed E-state index contributed by atoms with van der Waals surface area (Å²) in [4.78, 5) is 0. The van der Waals surface area contributed by atoms with Crippen LogP contribution >= 0.6 is 11.6 Å². The van der Waals surface area contributed by atoms with E-state index in [2.05, 4.69) is 31.2 Å². The summed E-state index contributed by atoms with van der Waals surface area (Å²) in [6, 6.07) is 0. The van der Waals surface area contributed by atoms with E-state index in [9.17, 15) is 0 Å². The van der Waals surface area contributed by atoms with Crippen LogP contribution in [0, 0.1) is 0 Å². The number of alkyl halides is 1. The van der Waals surface area contributed by atoms with Crippen molar-refractivity contribution in [3.63, 3.8) is 0 Å². The second-order valence-electron chi connectivity index (χ2n) is 3.16. The molecule has 1 heteroatoms. The molecule has 0 saturated heterocycles. The van der Waals surface area contributed by atoms with E-state index in [1.807, 2.05) is 0 Å². The highest BCUT2D eigenvalue weighted by Gasteiger charge is 1.86. The predicted molar refractivity (Wildman–Crippen MR) is 62.4 cm³/mol. The number of hydrogen-bond acceptors (Lipinski definition) is 0. The van der Waals surface area contributed by atoms with Gasteiger partial charge in [0.05, 0.1) is 0 Å². The van der Waals surface area contributed by atoms with Gasteiger partial charge in [-0.15, -0.1) is 11.6 Å². The largest absolute Gasteiger partial charge is 0.127 e. The molecule has 0 rings (SSSR count). The number of hydrogen-bond donors (Lipinski definition) is 0. The molecular weight excluding hydrogens is 180 g/mol. The fourth-order valence-electron chi connectivity index (χ4n) is 1.10. The van der Waals surface area contributed by atoms with Gasteiger partial charge in [0.25, 0.3) is 0 Å². The lowest BCUT2D eigenvalue weighted by Crippen LogP contribution is -1.77. The average molecular weight is 201 g/mol. The molecule has 0 saturated carbocycles. The van der Waals surface area contributed by atoms with Crippen LogP contribution in [0.3, 0.4) is 0 Å². The second-order valence-corrected chi connectivity index (χ2v) is 3.53. The summed E-state index contributed by atoms with van der Waals surface area (Å²) in [6.07, 6.45) is 16.1. The molecule has 0 aromatic rings. The van der Waals surface area contributed by atoms with Gasteiger partial charge in [0.2, 0.25) is 0 Å². The van der Waals surface area contributed by atoms with E-state index >= 15 is 0 Å². The summed E-state index contributed by atoms with van der Waals surface area (Å²) in [7, 11) is 0. The highest BCUT2D eigenvalue weighted by atomic mass is 35.5. The molecule has 0 aliphatic carbocycles. The highest BCUT2D eigenvalue weighted by molar-refractivity contribution is 6.17. The Bertz CT molecular complexity index is 136. The van der Waals surface area contributed by atoms with Crippen LogP contribution in [0.1, 0.15) is 45.4 Å². The minimum atomic E-state index is 0.815. The van der Waals surface area contributed by atoms with Gasteiger partial charge in [-0.25, -0.2) is 0 Å². The summed E-state index contributed by atoms with van der Waals surface area (Å²) >= 11 is 5.58. The van der Waals surface area contributed by atoms with Gasteiger partial charge in [-0.2, -0.15) is 0 Å². The summed E-state index contributed by atoms with van der Waals surface area (Å²) in [6.45, 7) is 2.15. The molecule has 0 aliphatic heterocycles. The first kappa shape index (κ1) is 12.8. The lowest BCUT2D eigenvalue weighted by Gasteiger charge is -1.94. The normalized spacial score (nSPS) is 11.8. The van der Waals surface area contributed by atoms with Crippen molar-refractivity contribution in [2.24, 2.45) is 0 Å². The minimum absolute atomic E-state index is 0.815. The Kier molecular flexibility index (Phi) is 11.6. The van der Waals surface area contributed by atoms with Crippen molar-refractivity contribution in [2.75, 3.05) is 5.88 Å². The van der Waals surface area contributed by atoms with Crippen molar-refractivity contribution >= 4 is 11.6 Å². The molecule has 13 heavy (non-hydrogen) atoms. The predicted octanol–water partition coefficient (Wildman–Crippen LogP) is 4.70. The van der Waals surface area contributed by atoms with Gasteiger partial charge in [-0.05, 0) is 25.7 Å². The van der Waals surface area contributed by atoms with Crippen LogP contribution in [-0.2, 0) is 0 Å². The van der Waals surface area contributed by atoms with Gasteiger partial charge in [-0.3, -0.25) is 0 Å². The number of halogens is 1. The van der Waals surface area contributed by atoms with Crippen molar-refractivity contribution < 1.29 is 0 Å². The Morgan fingerprint density at radius 2 is 1.62 bits per heavy atom. The fourth-order valence-corrected chi connectivity index (χ4v) is 1.29. The van der Waals surface area contributed by atoms with Crippen LogP contribution in [-0.4, -0.2) is 5.88 Å². The van der Waals surface area contributed by atoms with E-state index < -0.39 is 0 Å². The molecule has 0 unspecified atom stereocenters. The van der Waals surface area contributed by atoms with E-state index in [1.165, 1.54) is 32.1 Å². The third kappa shape index (κ3) is 11.8. The topological polar surface area (TPSA) is 0 Å². The zero-order valence-corrected chi connectivity index (χ0v) is 9.39. The maximum atomic E-state index is 5.58. The number of rotatable bonds is 8. The first-order valence-electron chi connectivity index (χ1n) is 5.29. The lowest BCUT2D eigenvalue weighted by molar-refractivity contribution is 0.677. The molecule has 0 N–H and O–H groups in total. The zero-order chi connectivity index (χ0) is 9.78. The number of unbranched alkanes of at least 4 members (excludes halogenated alkanes) is 4. The van der Waals surface area contributed by atoms with Gasteiger partial charge >= 0.3 is 0 Å². The summed E-state index contributed by atoms with van der Waals surface area (Å²) in [5.74, 6) is 0.815. The quantitative estimate of drug-likeness (QED) is 0.303. The third-order valence-electron chi connectivity index (χ3n) is 1.87. The van der Waals surface area contributed by atoms with Crippen LogP contribution in [0.25, 0.3) is 0 Å². The standard InChI is InChI=1S/C12H21Cl/c1-2-3-4-5-6-7-8-9-10-11-12-13/h3-6H,2,7-12H2,1H3. The SMILES string of the molecule is CCC=CC=CCCCCCCCl. The smallest absolute Gasteiger partial charge is 0.0223 e. The highest BCUT2D eigenvalue weighted by Crippen LogP contribution is 2.04. The molecule has 0 aliphatic rings. The van der Waals surface area contributed by atoms with Crippen LogP contribution in [0.2, 0.25) is 0 Å². The molecule has 0 nitrogen and oxygen atoms in total. The van der Waals surface area contributed by atoms with E-state index in [1.54, 1.807) is 0 Å². The minimum Gasteiger partial charge on any atom is -0.127 e. The van der Waals surface area contributed by atoms with Gasteiger partial charge in [0, 0.05) is 5.88 Å². The number of allylic oxidation sites excluding steroid dienone is 4. The van der Waals surface area contributed by atoms with Crippen molar-refractivity contribution in [3.05, 3.63) is 24.3 Å². The van der Waals surface area contributed by atoms with Crippen LogP contribution in [0.5, 0.6) is 0 Å². The second kappa shape index (κ2) is 11.8. The Balaban J connectivity index is 3.06. The van der Waals surface area contributed by atoms with Crippen molar-refractivity contribution in [1.29, 1.82) is 0 Å². The Hall–Kier alpha value is -0.230. The van der Waals surface area contributed by atoms with Crippen molar-refractivity contribution in [2.45, 2.75) is 45.4 Å². The van der Waals surface area contributed by atoms with Crippen LogP contribution in [0.4, 0.5) is 0 Å². The van der Waals surface area contributed by atoms with Gasteiger partial charge in [-0.1, -0.05) is 44.1 Å². The molecule has 76 valence electrons. The summed E-state index contributed by atoms with van der Waals surface area (Å²) in [5, 5.41) is 0. The molecule has 0 fully saturated rings. The summed E-state index contributed by atoms with van der Waals surface area (Å²) < 4.78 is 0. The maximum absolute atomic E-state index is 5.58. The maximum Gasteiger partial charge on any atom is 0.0223 e. The Morgan fingerprint density at radius 3 is 2.31 bits per heavy atom. The van der Waals surface area contributed by atoms with Gasteiger partial charge < -0.3 is 0 Å². The molecule has 0 aromatic heterocycles. The molecule has 0 spiro atoms. The Labute approximate surface area is 87.7 Å². The van der Waals surface area contributed by atoms with Crippen LogP contribution in [0.15, 0.2) is 24.3 Å². The molecule has 0 heterocycles. The third-order valence-corrected chi connectivity index (χ3v) is 2.14. The van der Waals surface area contributed by atoms with Crippen LogP contribution < -0.4 is 0 Å². The van der Waals surface area contributed by atoms with E-state index in [0.717, 1.165) is 12.3 Å². The monoisotopic (exact) mass is 200 g/mol. The van der Waals surface area contributed by atoms with E-state index in [4.69, 9.17) is 11.6 Å². The molecular formula is C12H21Cl. The molecule has 0 aromatic carbocycles. The first-order valence-corrected chi connectivity index (χ1v) is 5.83. The lowest BCUT2D eigenvalue weighted by atomic mass is 10.1. The van der Waals surface area contributed by atoms with Crippen molar-refractivity contribution in [1.82, 2.24) is 0 Å². The van der Waals surface area contributed by atoms with Crippen molar-refractivity contribution in [3.8, 4) is 0 Å². The molecule has 0 bridgehead atoms. The Morgan fingerprint density at radius 1 is 0.923 bits per heavy atom. The van der Waals surface area contributed by atoms with Gasteiger partial charge in [0.15, 0.2) is 0 Å². The molecule has 0 atom stereocenters. The first-order chi connectivity index (χ1) is 6.41. The fraction of sp³-hybridized carbons (Fsp3) is 0.667. The summed E-state index contributed by atoms with van der Waals surface area (Å²) in [5.41, 5.74) is 0. The van der Waals surface area contributed by atoms with Gasteiger partial charge in [0.1, 0.15) is 0 Å².